The van der Waals surface area contributed by atoms with Crippen LogP contribution < -0.4 is 10.6 Å². The number of methoxy groups -OCH3 is 1. The van der Waals surface area contributed by atoms with Crippen molar-refractivity contribution in [3.63, 3.8) is 0 Å². The van der Waals surface area contributed by atoms with Gasteiger partial charge in [-0.2, -0.15) is 4.37 Å². The van der Waals surface area contributed by atoms with Gasteiger partial charge in [-0.15, -0.1) is 0 Å². The van der Waals surface area contributed by atoms with E-state index in [1.165, 1.54) is 14.1 Å². The number of hydrogen-bond acceptors (Lipinski definition) is 7. The van der Waals surface area contributed by atoms with Crippen molar-refractivity contribution in [1.29, 1.82) is 0 Å². The third-order valence-corrected chi connectivity index (χ3v) is 6.33. The van der Waals surface area contributed by atoms with Crippen molar-refractivity contribution in [1.82, 2.24) is 8.68 Å². The summed E-state index contributed by atoms with van der Waals surface area (Å²) < 4.78 is 35.3. The average molecular weight is 320 g/mol. The van der Waals surface area contributed by atoms with Gasteiger partial charge in [0, 0.05) is 34.3 Å². The Labute approximate surface area is 123 Å². The Hall–Kier alpha value is -0.900. The summed E-state index contributed by atoms with van der Waals surface area (Å²) in [5.74, 6) is 0.0678. The number of hydrogen-bond donors (Lipinski definition) is 1. The Morgan fingerprint density at radius 1 is 1.50 bits per heavy atom. The lowest BCUT2D eigenvalue weighted by atomic mass is 10.1. The minimum absolute atomic E-state index is 0.0678. The third kappa shape index (κ3) is 2.76. The Kier molecular flexibility index (Phi) is 4.52. The van der Waals surface area contributed by atoms with Gasteiger partial charge >= 0.3 is 0 Å². The zero-order chi connectivity index (χ0) is 14.9. The molecule has 0 amide bonds. The first kappa shape index (κ1) is 15.5. The van der Waals surface area contributed by atoms with Gasteiger partial charge in [0.15, 0.2) is 10.7 Å². The van der Waals surface area contributed by atoms with E-state index in [9.17, 15) is 8.42 Å². The molecule has 0 saturated carbocycles. The van der Waals surface area contributed by atoms with E-state index in [-0.39, 0.29) is 16.8 Å². The molecule has 2 heterocycles. The van der Waals surface area contributed by atoms with Crippen LogP contribution in [-0.4, -0.2) is 57.5 Å². The average Bonchev–Trinajstić information content (AvgIpc) is 2.81. The summed E-state index contributed by atoms with van der Waals surface area (Å²) in [5, 5.41) is 0.609. The van der Waals surface area contributed by atoms with Crippen LogP contribution in [0.3, 0.4) is 0 Å². The Morgan fingerprint density at radius 2 is 2.20 bits per heavy atom. The minimum Gasteiger partial charge on any atom is -0.382 e. The maximum Gasteiger partial charge on any atom is 0.249 e. The van der Waals surface area contributed by atoms with Crippen LogP contribution in [-0.2, 0) is 14.8 Å². The molecule has 1 saturated heterocycles. The van der Waals surface area contributed by atoms with Gasteiger partial charge in [0.25, 0.3) is 0 Å². The molecule has 0 bridgehead atoms. The highest BCUT2D eigenvalue weighted by Crippen LogP contribution is 2.37. The SMILES string of the molecule is COC1CCCN(c2snc(N)c2S(=O)(=O)N(C)C)C1. The number of anilines is 2. The Bertz CT molecular complexity index is 570. The van der Waals surface area contributed by atoms with Crippen LogP contribution >= 0.6 is 11.5 Å². The van der Waals surface area contributed by atoms with Crippen molar-refractivity contribution < 1.29 is 13.2 Å². The normalized spacial score (nSPS) is 20.6. The highest BCUT2D eigenvalue weighted by Gasteiger charge is 2.32. The van der Waals surface area contributed by atoms with Crippen LogP contribution in [0.2, 0.25) is 0 Å². The number of piperidine rings is 1. The summed E-state index contributed by atoms with van der Waals surface area (Å²) >= 11 is 1.13. The van der Waals surface area contributed by atoms with Gasteiger partial charge < -0.3 is 15.4 Å². The van der Waals surface area contributed by atoms with Crippen molar-refractivity contribution in [2.45, 2.75) is 23.8 Å². The molecule has 0 aliphatic carbocycles. The fourth-order valence-corrected chi connectivity index (χ4v) is 4.48. The summed E-state index contributed by atoms with van der Waals surface area (Å²) in [6.45, 7) is 1.45. The highest BCUT2D eigenvalue weighted by molar-refractivity contribution is 7.89. The lowest BCUT2D eigenvalue weighted by Crippen LogP contribution is -2.39. The maximum atomic E-state index is 12.4. The van der Waals surface area contributed by atoms with Crippen molar-refractivity contribution in [2.24, 2.45) is 0 Å². The highest BCUT2D eigenvalue weighted by atomic mass is 32.2. The molecule has 1 unspecified atom stereocenters. The van der Waals surface area contributed by atoms with Crippen LogP contribution in [0.4, 0.5) is 10.8 Å². The molecule has 1 atom stereocenters. The molecule has 0 spiro atoms. The molecule has 2 N–H and O–H groups in total. The summed E-state index contributed by atoms with van der Waals surface area (Å²) in [4.78, 5) is 2.12. The van der Waals surface area contributed by atoms with Gasteiger partial charge in [0.1, 0.15) is 5.00 Å². The maximum absolute atomic E-state index is 12.4. The summed E-state index contributed by atoms with van der Waals surface area (Å²) in [6.07, 6.45) is 2.05. The second kappa shape index (κ2) is 5.84. The van der Waals surface area contributed by atoms with Gasteiger partial charge in [-0.25, -0.2) is 12.7 Å². The van der Waals surface area contributed by atoms with E-state index in [1.54, 1.807) is 7.11 Å². The van der Waals surface area contributed by atoms with Crippen molar-refractivity contribution in [2.75, 3.05) is 44.9 Å². The van der Waals surface area contributed by atoms with Gasteiger partial charge in [0.2, 0.25) is 10.0 Å². The summed E-state index contributed by atoms with van der Waals surface area (Å²) in [7, 11) is 1.06. The van der Waals surface area contributed by atoms with Crippen LogP contribution in [0.15, 0.2) is 4.90 Å². The third-order valence-electron chi connectivity index (χ3n) is 3.39. The lowest BCUT2D eigenvalue weighted by Gasteiger charge is -2.33. The first-order valence-corrected chi connectivity index (χ1v) is 8.54. The van der Waals surface area contributed by atoms with Crippen LogP contribution in [0.5, 0.6) is 0 Å². The fraction of sp³-hybridized carbons (Fsp3) is 0.727. The fourth-order valence-electron chi connectivity index (χ4n) is 2.23. The molecule has 1 aromatic rings. The monoisotopic (exact) mass is 320 g/mol. The van der Waals surface area contributed by atoms with E-state index >= 15 is 0 Å². The molecule has 1 aliphatic rings. The predicted octanol–water partition coefficient (Wildman–Crippen LogP) is 0.591. The summed E-state index contributed by atoms with van der Waals surface area (Å²) in [5.41, 5.74) is 5.77. The van der Waals surface area contributed by atoms with Gasteiger partial charge in [-0.1, -0.05) is 0 Å². The molecule has 1 fully saturated rings. The molecule has 0 aromatic carbocycles. The van der Waals surface area contributed by atoms with Crippen molar-refractivity contribution >= 4 is 32.4 Å². The number of rotatable bonds is 4. The van der Waals surface area contributed by atoms with Gasteiger partial charge in [0.05, 0.1) is 6.10 Å². The number of ether oxygens (including phenoxy) is 1. The molecule has 1 aliphatic heterocycles. The lowest BCUT2D eigenvalue weighted by molar-refractivity contribution is 0.0894. The van der Waals surface area contributed by atoms with E-state index in [2.05, 4.69) is 4.37 Å². The molecule has 114 valence electrons. The molecule has 20 heavy (non-hydrogen) atoms. The molecule has 0 radical (unpaired) electrons. The Morgan fingerprint density at radius 3 is 2.80 bits per heavy atom. The van der Waals surface area contributed by atoms with E-state index < -0.39 is 10.0 Å². The standard InChI is InChI=1S/C11H20N4O3S2/c1-14(2)20(16,17)9-10(12)13-19-11(9)15-6-4-5-8(7-15)18-3/h8H,4-7H2,1-3H3,(H2,12,13). The minimum atomic E-state index is -3.59. The molecular weight excluding hydrogens is 300 g/mol. The number of nitrogen functional groups attached to an aromatic ring is 1. The first-order valence-electron chi connectivity index (χ1n) is 6.33. The molecule has 2 rings (SSSR count). The largest absolute Gasteiger partial charge is 0.382 e. The van der Waals surface area contributed by atoms with Crippen LogP contribution in [0.1, 0.15) is 12.8 Å². The van der Waals surface area contributed by atoms with Crippen LogP contribution in [0, 0.1) is 0 Å². The zero-order valence-corrected chi connectivity index (χ0v) is 13.5. The molecular formula is C11H20N4O3S2. The van der Waals surface area contributed by atoms with E-state index in [4.69, 9.17) is 10.5 Å². The smallest absolute Gasteiger partial charge is 0.249 e. The number of nitrogens with zero attached hydrogens (tertiary/aromatic N) is 3. The zero-order valence-electron chi connectivity index (χ0n) is 11.9. The number of nitrogens with two attached hydrogens (primary N) is 1. The summed E-state index contributed by atoms with van der Waals surface area (Å²) in [6, 6.07) is 0. The second-order valence-electron chi connectivity index (χ2n) is 4.94. The van der Waals surface area contributed by atoms with Crippen molar-refractivity contribution in [3.05, 3.63) is 0 Å². The second-order valence-corrected chi connectivity index (χ2v) is 7.78. The number of aromatic nitrogens is 1. The van der Waals surface area contributed by atoms with Gasteiger partial charge in [-0.3, -0.25) is 0 Å². The predicted molar refractivity (Wildman–Crippen MR) is 79.6 cm³/mol. The van der Waals surface area contributed by atoms with E-state index in [0.717, 1.165) is 35.2 Å². The molecule has 7 nitrogen and oxygen atoms in total. The van der Waals surface area contributed by atoms with Gasteiger partial charge in [-0.05, 0) is 24.4 Å². The van der Waals surface area contributed by atoms with Crippen LogP contribution in [0.25, 0.3) is 0 Å². The number of sulfonamides is 1. The quantitative estimate of drug-likeness (QED) is 0.873. The topological polar surface area (TPSA) is 88.8 Å². The first-order chi connectivity index (χ1) is 9.37. The van der Waals surface area contributed by atoms with E-state index in [0.29, 0.717) is 11.5 Å². The van der Waals surface area contributed by atoms with Crippen molar-refractivity contribution in [3.8, 4) is 0 Å². The van der Waals surface area contributed by atoms with E-state index in [1.807, 2.05) is 4.90 Å². The Balaban J connectivity index is 2.39. The molecule has 9 heteroatoms. The molecule has 1 aromatic heterocycles.